The second-order valence-corrected chi connectivity index (χ2v) is 2.12. The van der Waals surface area contributed by atoms with Crippen molar-refractivity contribution in [3.05, 3.63) is 0 Å². The molecule has 0 unspecified atom stereocenters. The van der Waals surface area contributed by atoms with Crippen molar-refractivity contribution >= 4 is 11.8 Å². The van der Waals surface area contributed by atoms with Crippen LogP contribution >= 0.6 is 11.8 Å². The summed E-state index contributed by atoms with van der Waals surface area (Å²) in [5.74, 6) is 0. The molecule has 0 bridgehead atoms. The molecule has 0 rings (SSSR count). The standard InChI is InChI=1S/C2F6S.5FH/c3-1(4,5)9-2(6,7)8;;;;;/h;5*1H. The molecule has 0 heterocycles. The van der Waals surface area contributed by atoms with E-state index in [0.717, 1.165) is 0 Å². The maximum absolute atomic E-state index is 10.8. The zero-order valence-electron chi connectivity index (χ0n) is 5.72. The summed E-state index contributed by atoms with van der Waals surface area (Å²) in [6.45, 7) is 0. The van der Waals surface area contributed by atoms with E-state index in [1.54, 1.807) is 0 Å². The summed E-state index contributed by atoms with van der Waals surface area (Å²) >= 11 is -1.99. The van der Waals surface area contributed by atoms with E-state index in [0.29, 0.717) is 0 Å². The minimum Gasteiger partial charge on any atom is -0.269 e. The second kappa shape index (κ2) is 10.7. The van der Waals surface area contributed by atoms with Crippen LogP contribution < -0.4 is 0 Å². The maximum atomic E-state index is 10.8. The number of halogens is 11. The highest BCUT2D eigenvalue weighted by Crippen LogP contribution is 2.43. The van der Waals surface area contributed by atoms with Crippen LogP contribution in [0.3, 0.4) is 0 Å². The van der Waals surface area contributed by atoms with Crippen molar-refractivity contribution in [3.63, 3.8) is 0 Å². The zero-order valence-corrected chi connectivity index (χ0v) is 6.53. The first-order valence-electron chi connectivity index (χ1n) is 1.54. The van der Waals surface area contributed by atoms with Gasteiger partial charge in [0.15, 0.2) is 0 Å². The third-order valence-corrected chi connectivity index (χ3v) is 0.694. The Morgan fingerprint density at radius 3 is 0.643 bits per heavy atom. The van der Waals surface area contributed by atoms with Crippen LogP contribution in [0.25, 0.3) is 0 Å². The molecule has 0 saturated carbocycles. The van der Waals surface area contributed by atoms with Gasteiger partial charge in [-0.1, -0.05) is 0 Å². The predicted octanol–water partition coefficient (Wildman–Crippen LogP) is 3.52. The summed E-state index contributed by atoms with van der Waals surface area (Å²) < 4.78 is 64.8. The molecule has 0 amide bonds. The van der Waals surface area contributed by atoms with Crippen molar-refractivity contribution in [3.8, 4) is 0 Å². The zero-order chi connectivity index (χ0) is 7.71. The molecule has 0 N–H and O–H groups in total. The van der Waals surface area contributed by atoms with E-state index in [1.807, 2.05) is 0 Å². The Hall–Kier alpha value is -0.420. The topological polar surface area (TPSA) is 0 Å². The molecule has 0 aliphatic rings. The normalized spacial score (nSPS) is 9.00. The predicted molar refractivity (Wildman–Crippen MR) is 32.2 cm³/mol. The molecule has 0 aliphatic carbocycles. The highest BCUT2D eigenvalue weighted by Gasteiger charge is 2.45. The molecule has 0 aromatic heterocycles. The number of rotatable bonds is 0. The fourth-order valence-electron chi connectivity index (χ4n) is 0.131. The lowest BCUT2D eigenvalue weighted by Crippen LogP contribution is -2.11. The van der Waals surface area contributed by atoms with E-state index in [4.69, 9.17) is 0 Å². The third-order valence-electron chi connectivity index (χ3n) is 0.231. The number of hydrogen-bond donors (Lipinski definition) is 0. The molecule has 0 spiro atoms. The molecule has 0 fully saturated rings. The van der Waals surface area contributed by atoms with Gasteiger partial charge in [0.1, 0.15) is 0 Å². The molecule has 12 heteroatoms. The van der Waals surface area contributed by atoms with Gasteiger partial charge in [-0.05, 0) is 0 Å². The van der Waals surface area contributed by atoms with Gasteiger partial charge in [0.25, 0.3) is 0 Å². The van der Waals surface area contributed by atoms with Gasteiger partial charge in [-0.2, -0.15) is 26.3 Å². The number of alkyl halides is 6. The monoisotopic (exact) mass is 270 g/mol. The Labute approximate surface area is 73.9 Å². The Kier molecular flexibility index (Phi) is 28.5. The molecular formula is C2H5F11S. The van der Waals surface area contributed by atoms with Crippen LogP contribution in [0.15, 0.2) is 0 Å². The van der Waals surface area contributed by atoms with E-state index >= 15 is 0 Å². The summed E-state index contributed by atoms with van der Waals surface area (Å²) in [7, 11) is 0. The Balaban J connectivity index is -0.0000000320. The summed E-state index contributed by atoms with van der Waals surface area (Å²) in [5, 5.41) is 0. The van der Waals surface area contributed by atoms with Crippen LogP contribution in [0.5, 0.6) is 0 Å². The fraction of sp³-hybridized carbons (Fsp3) is 1.00. The van der Waals surface area contributed by atoms with Crippen molar-refractivity contribution in [2.24, 2.45) is 0 Å². The molecule has 0 radical (unpaired) electrons. The van der Waals surface area contributed by atoms with E-state index in [9.17, 15) is 26.3 Å². The van der Waals surface area contributed by atoms with Crippen molar-refractivity contribution in [2.75, 3.05) is 0 Å². The average Bonchev–Trinajstić information content (AvgIpc) is 1.14. The van der Waals surface area contributed by atoms with Crippen LogP contribution in [0.2, 0.25) is 0 Å². The lowest BCUT2D eigenvalue weighted by atomic mass is 11.5. The Morgan fingerprint density at radius 1 is 0.500 bits per heavy atom. The number of thioether (sulfide) groups is 1. The van der Waals surface area contributed by atoms with Crippen molar-refractivity contribution in [2.45, 2.75) is 11.0 Å². The maximum Gasteiger partial charge on any atom is 0.450 e. The van der Waals surface area contributed by atoms with E-state index in [-0.39, 0.29) is 23.5 Å². The minimum atomic E-state index is -5.22. The molecule has 0 nitrogen and oxygen atoms in total. The average molecular weight is 270 g/mol. The first kappa shape index (κ1) is 37.4. The molecular weight excluding hydrogens is 265 g/mol. The summed E-state index contributed by atoms with van der Waals surface area (Å²) in [4.78, 5) is 0. The Bertz CT molecular complexity index is 78.4. The van der Waals surface area contributed by atoms with Gasteiger partial charge in [0, 0.05) is 0 Å². The smallest absolute Gasteiger partial charge is 0.269 e. The van der Waals surface area contributed by atoms with Gasteiger partial charge in [0.05, 0.1) is 11.8 Å². The quantitative estimate of drug-likeness (QED) is 0.607. The summed E-state index contributed by atoms with van der Waals surface area (Å²) in [5.41, 5.74) is -10.4. The van der Waals surface area contributed by atoms with Crippen LogP contribution in [0, 0.1) is 0 Å². The second-order valence-electron chi connectivity index (χ2n) is 0.994. The Morgan fingerprint density at radius 2 is 0.643 bits per heavy atom. The summed E-state index contributed by atoms with van der Waals surface area (Å²) in [6.07, 6.45) is 0. The molecule has 0 aromatic rings. The van der Waals surface area contributed by atoms with Gasteiger partial charge in [-0.3, -0.25) is 23.5 Å². The lowest BCUT2D eigenvalue weighted by Gasteiger charge is -2.06. The van der Waals surface area contributed by atoms with Crippen molar-refractivity contribution in [1.29, 1.82) is 0 Å². The first-order valence-corrected chi connectivity index (χ1v) is 2.36. The van der Waals surface area contributed by atoms with E-state index < -0.39 is 22.8 Å². The highest BCUT2D eigenvalue weighted by molar-refractivity contribution is 8.00. The highest BCUT2D eigenvalue weighted by atomic mass is 32.2. The summed E-state index contributed by atoms with van der Waals surface area (Å²) in [6, 6.07) is 0. The van der Waals surface area contributed by atoms with Crippen LogP contribution in [-0.4, -0.2) is 11.0 Å². The first-order chi connectivity index (χ1) is 3.71. The number of hydrogen-bond acceptors (Lipinski definition) is 1. The molecule has 0 saturated heterocycles. The van der Waals surface area contributed by atoms with Gasteiger partial charge < -0.3 is 0 Å². The minimum absolute atomic E-state index is 0. The molecule has 14 heavy (non-hydrogen) atoms. The van der Waals surface area contributed by atoms with Crippen molar-refractivity contribution in [1.82, 2.24) is 0 Å². The molecule has 0 aromatic carbocycles. The van der Waals surface area contributed by atoms with Crippen LogP contribution in [0.1, 0.15) is 0 Å². The van der Waals surface area contributed by atoms with Gasteiger partial charge in [-0.15, -0.1) is 0 Å². The molecule has 0 aliphatic heterocycles. The third kappa shape index (κ3) is 41.6. The lowest BCUT2D eigenvalue weighted by molar-refractivity contribution is -0.0696. The van der Waals surface area contributed by atoms with Crippen LogP contribution in [-0.2, 0) is 0 Å². The van der Waals surface area contributed by atoms with Gasteiger partial charge in [-0.25, -0.2) is 0 Å². The van der Waals surface area contributed by atoms with Crippen molar-refractivity contribution < 1.29 is 49.9 Å². The fourth-order valence-corrected chi connectivity index (χ4v) is 0.394. The SMILES string of the molecule is F.F.F.F.F.FC(F)(F)SC(F)(F)F. The van der Waals surface area contributed by atoms with Crippen LogP contribution in [0.4, 0.5) is 49.9 Å². The largest absolute Gasteiger partial charge is 0.450 e. The van der Waals surface area contributed by atoms with E-state index in [1.165, 1.54) is 0 Å². The van der Waals surface area contributed by atoms with Gasteiger partial charge >= 0.3 is 11.0 Å². The van der Waals surface area contributed by atoms with Gasteiger partial charge in [0.2, 0.25) is 0 Å². The van der Waals surface area contributed by atoms with E-state index in [2.05, 4.69) is 0 Å². The molecule has 0 atom stereocenters. The molecule has 96 valence electrons.